The van der Waals surface area contributed by atoms with Crippen LogP contribution in [0.25, 0.3) is 0 Å². The van der Waals surface area contributed by atoms with E-state index in [4.69, 9.17) is 5.11 Å². The summed E-state index contributed by atoms with van der Waals surface area (Å²) in [6.07, 6.45) is 1.57. The number of hydrogen-bond acceptors (Lipinski definition) is 4. The van der Waals surface area contributed by atoms with Crippen molar-refractivity contribution in [2.45, 2.75) is 19.8 Å². The van der Waals surface area contributed by atoms with Crippen LogP contribution in [0, 0.1) is 0 Å². The molecule has 0 saturated carbocycles. The summed E-state index contributed by atoms with van der Waals surface area (Å²) in [6, 6.07) is 0. The molecule has 3 nitrogen and oxygen atoms in total. The summed E-state index contributed by atoms with van der Waals surface area (Å²) >= 11 is 1.58. The Hall–Kier alpha value is -0.480. The first-order valence-corrected chi connectivity index (χ1v) is 4.10. The molecule has 0 spiro atoms. The van der Waals surface area contributed by atoms with Gasteiger partial charge in [-0.15, -0.1) is 21.5 Å². The summed E-state index contributed by atoms with van der Waals surface area (Å²) in [5, 5.41) is 18.3. The minimum Gasteiger partial charge on any atom is -0.396 e. The highest BCUT2D eigenvalue weighted by Gasteiger charge is 1.99. The molecular formula is C6H10N2OS. The third-order valence-electron chi connectivity index (χ3n) is 1.14. The Kier molecular flexibility index (Phi) is 2.77. The van der Waals surface area contributed by atoms with Crippen molar-refractivity contribution in [1.29, 1.82) is 0 Å². The predicted molar refractivity (Wildman–Crippen MR) is 40.1 cm³/mol. The SMILES string of the molecule is CCc1nnc(CCO)s1. The first kappa shape index (κ1) is 7.63. The fraction of sp³-hybridized carbons (Fsp3) is 0.667. The van der Waals surface area contributed by atoms with Crippen LogP contribution in [-0.4, -0.2) is 21.9 Å². The summed E-state index contributed by atoms with van der Waals surface area (Å²) in [7, 11) is 0. The van der Waals surface area contributed by atoms with Gasteiger partial charge in [0.2, 0.25) is 0 Å². The molecule has 10 heavy (non-hydrogen) atoms. The maximum absolute atomic E-state index is 8.54. The Morgan fingerprint density at radius 2 is 2.10 bits per heavy atom. The molecule has 0 fully saturated rings. The molecule has 1 rings (SSSR count). The first-order valence-electron chi connectivity index (χ1n) is 3.29. The van der Waals surface area contributed by atoms with Crippen molar-refractivity contribution in [1.82, 2.24) is 10.2 Å². The van der Waals surface area contributed by atoms with Crippen molar-refractivity contribution >= 4 is 11.3 Å². The molecule has 0 aliphatic heterocycles. The quantitative estimate of drug-likeness (QED) is 0.702. The number of aromatic nitrogens is 2. The van der Waals surface area contributed by atoms with Gasteiger partial charge in [0.25, 0.3) is 0 Å². The summed E-state index contributed by atoms with van der Waals surface area (Å²) < 4.78 is 0. The smallest absolute Gasteiger partial charge is 0.119 e. The van der Waals surface area contributed by atoms with Crippen LogP contribution in [0.3, 0.4) is 0 Å². The van der Waals surface area contributed by atoms with E-state index in [1.54, 1.807) is 11.3 Å². The van der Waals surface area contributed by atoms with Crippen LogP contribution in [-0.2, 0) is 12.8 Å². The number of rotatable bonds is 3. The summed E-state index contributed by atoms with van der Waals surface area (Å²) in [5.74, 6) is 0. The second kappa shape index (κ2) is 3.63. The Morgan fingerprint density at radius 3 is 2.60 bits per heavy atom. The lowest BCUT2D eigenvalue weighted by molar-refractivity contribution is 0.299. The standard InChI is InChI=1S/C6H10N2OS/c1-2-5-7-8-6(10-5)3-4-9/h9H,2-4H2,1H3. The maximum Gasteiger partial charge on any atom is 0.119 e. The van der Waals surface area contributed by atoms with E-state index in [0.29, 0.717) is 6.42 Å². The van der Waals surface area contributed by atoms with Crippen molar-refractivity contribution in [3.05, 3.63) is 10.0 Å². The average Bonchev–Trinajstić information content (AvgIpc) is 2.37. The van der Waals surface area contributed by atoms with Crippen molar-refractivity contribution in [3.8, 4) is 0 Å². The fourth-order valence-corrected chi connectivity index (χ4v) is 1.40. The van der Waals surface area contributed by atoms with Gasteiger partial charge in [-0.1, -0.05) is 6.92 Å². The van der Waals surface area contributed by atoms with Gasteiger partial charge in [-0.3, -0.25) is 0 Å². The Morgan fingerprint density at radius 1 is 1.40 bits per heavy atom. The van der Waals surface area contributed by atoms with E-state index in [9.17, 15) is 0 Å². The number of nitrogens with zero attached hydrogens (tertiary/aromatic N) is 2. The average molecular weight is 158 g/mol. The molecule has 0 aromatic carbocycles. The van der Waals surface area contributed by atoms with Crippen LogP contribution < -0.4 is 0 Å². The van der Waals surface area contributed by atoms with E-state index in [2.05, 4.69) is 10.2 Å². The molecule has 1 aromatic rings. The van der Waals surface area contributed by atoms with E-state index in [-0.39, 0.29) is 6.61 Å². The zero-order valence-electron chi connectivity index (χ0n) is 5.87. The van der Waals surface area contributed by atoms with Gasteiger partial charge in [-0.05, 0) is 6.42 Å². The van der Waals surface area contributed by atoms with Crippen molar-refractivity contribution < 1.29 is 5.11 Å². The van der Waals surface area contributed by atoms with Gasteiger partial charge >= 0.3 is 0 Å². The number of aryl methyl sites for hydroxylation is 1. The van der Waals surface area contributed by atoms with Crippen LogP contribution in [0.2, 0.25) is 0 Å². The van der Waals surface area contributed by atoms with E-state index < -0.39 is 0 Å². The molecule has 0 unspecified atom stereocenters. The summed E-state index contributed by atoms with van der Waals surface area (Å²) in [5.41, 5.74) is 0. The van der Waals surface area contributed by atoms with Gasteiger partial charge in [0, 0.05) is 13.0 Å². The van der Waals surface area contributed by atoms with E-state index in [1.807, 2.05) is 6.92 Å². The lowest BCUT2D eigenvalue weighted by Gasteiger charge is -1.83. The van der Waals surface area contributed by atoms with E-state index >= 15 is 0 Å². The third kappa shape index (κ3) is 1.75. The Labute approximate surface area is 63.7 Å². The van der Waals surface area contributed by atoms with Crippen LogP contribution in [0.15, 0.2) is 0 Å². The van der Waals surface area contributed by atoms with Crippen molar-refractivity contribution in [3.63, 3.8) is 0 Å². The second-order valence-electron chi connectivity index (χ2n) is 1.92. The van der Waals surface area contributed by atoms with Gasteiger partial charge in [-0.2, -0.15) is 0 Å². The lowest BCUT2D eigenvalue weighted by Crippen LogP contribution is -1.88. The van der Waals surface area contributed by atoms with Crippen molar-refractivity contribution in [2.24, 2.45) is 0 Å². The minimum absolute atomic E-state index is 0.165. The minimum atomic E-state index is 0.165. The Bertz CT molecular complexity index is 199. The van der Waals surface area contributed by atoms with Crippen LogP contribution in [0.4, 0.5) is 0 Å². The zero-order chi connectivity index (χ0) is 7.40. The van der Waals surface area contributed by atoms with Gasteiger partial charge in [0.05, 0.1) is 0 Å². The molecule has 0 amide bonds. The highest BCUT2D eigenvalue weighted by atomic mass is 32.1. The van der Waals surface area contributed by atoms with Crippen LogP contribution in [0.5, 0.6) is 0 Å². The number of aliphatic hydroxyl groups is 1. The monoisotopic (exact) mass is 158 g/mol. The lowest BCUT2D eigenvalue weighted by atomic mass is 10.5. The number of aliphatic hydroxyl groups excluding tert-OH is 1. The second-order valence-corrected chi connectivity index (χ2v) is 3.06. The van der Waals surface area contributed by atoms with Gasteiger partial charge < -0.3 is 5.11 Å². The molecule has 0 bridgehead atoms. The molecule has 4 heteroatoms. The molecule has 1 N–H and O–H groups in total. The van der Waals surface area contributed by atoms with Gasteiger partial charge in [0.15, 0.2) is 0 Å². The molecular weight excluding hydrogens is 148 g/mol. The molecule has 0 saturated heterocycles. The Balaban J connectivity index is 2.59. The predicted octanol–water partition coefficient (Wildman–Crippen LogP) is 0.635. The molecule has 0 radical (unpaired) electrons. The van der Waals surface area contributed by atoms with Gasteiger partial charge in [0.1, 0.15) is 10.0 Å². The van der Waals surface area contributed by atoms with E-state index in [1.165, 1.54) is 0 Å². The molecule has 1 heterocycles. The molecule has 1 aromatic heterocycles. The molecule has 0 aliphatic carbocycles. The van der Waals surface area contributed by atoms with Gasteiger partial charge in [-0.25, -0.2) is 0 Å². The summed E-state index contributed by atoms with van der Waals surface area (Å²) in [6.45, 7) is 2.21. The maximum atomic E-state index is 8.54. The largest absolute Gasteiger partial charge is 0.396 e. The number of hydrogen-bond donors (Lipinski definition) is 1. The first-order chi connectivity index (χ1) is 4.86. The zero-order valence-corrected chi connectivity index (χ0v) is 6.69. The summed E-state index contributed by atoms with van der Waals surface area (Å²) in [4.78, 5) is 0. The molecule has 0 atom stereocenters. The molecule has 56 valence electrons. The molecule has 0 aliphatic rings. The normalized spacial score (nSPS) is 10.2. The highest BCUT2D eigenvalue weighted by molar-refractivity contribution is 7.11. The van der Waals surface area contributed by atoms with Crippen LogP contribution in [0.1, 0.15) is 16.9 Å². The third-order valence-corrected chi connectivity index (χ3v) is 2.26. The fourth-order valence-electron chi connectivity index (χ4n) is 0.628. The van der Waals surface area contributed by atoms with E-state index in [0.717, 1.165) is 16.4 Å². The van der Waals surface area contributed by atoms with Crippen molar-refractivity contribution in [2.75, 3.05) is 6.61 Å². The topological polar surface area (TPSA) is 46.0 Å². The van der Waals surface area contributed by atoms with Crippen LogP contribution >= 0.6 is 11.3 Å². The highest BCUT2D eigenvalue weighted by Crippen LogP contribution is 2.09.